The lowest BCUT2D eigenvalue weighted by molar-refractivity contribution is 0.0557. The third-order valence-corrected chi connectivity index (χ3v) is 4.47. The third-order valence-electron chi connectivity index (χ3n) is 3.24. The van der Waals surface area contributed by atoms with Crippen LogP contribution in [0.2, 0.25) is 0 Å². The van der Waals surface area contributed by atoms with E-state index in [4.69, 9.17) is 4.42 Å². The molecule has 2 aromatic heterocycles. The van der Waals surface area contributed by atoms with Gasteiger partial charge in [-0.2, -0.15) is 0 Å². The molecule has 0 bridgehead atoms. The predicted molar refractivity (Wildman–Crippen MR) is 70.2 cm³/mol. The van der Waals surface area contributed by atoms with Crippen LogP contribution in [0.15, 0.2) is 10.5 Å². The number of carbonyl (C=O) groups is 1. The molecule has 0 amide bonds. The van der Waals surface area contributed by atoms with E-state index in [1.54, 1.807) is 11.3 Å². The van der Waals surface area contributed by atoms with E-state index < -0.39 is 5.97 Å². The Bertz CT molecular complexity index is 579. The molecule has 19 heavy (non-hydrogen) atoms. The number of hydrogen-bond acceptors (Lipinski definition) is 6. The minimum atomic E-state index is -0.600. The molecule has 6 heteroatoms. The van der Waals surface area contributed by atoms with E-state index in [1.807, 2.05) is 0 Å². The van der Waals surface area contributed by atoms with E-state index in [-0.39, 0.29) is 5.89 Å². The average molecular weight is 278 g/mol. The van der Waals surface area contributed by atoms with Crippen LogP contribution < -0.4 is 0 Å². The van der Waals surface area contributed by atoms with Gasteiger partial charge in [-0.15, -0.1) is 21.5 Å². The van der Waals surface area contributed by atoms with Gasteiger partial charge in [0.25, 0.3) is 5.89 Å². The standard InChI is InChI=1S/C13H14N2O3S/c1-17-13(16)12-15-14-11(18-12)10-7-8-5-3-2-4-6-9(8)19-10/h7H,2-6H2,1H3. The first kappa shape index (κ1) is 12.3. The van der Waals surface area contributed by atoms with Crippen molar-refractivity contribution in [1.82, 2.24) is 10.2 Å². The Kier molecular flexibility index (Phi) is 3.33. The van der Waals surface area contributed by atoms with E-state index in [2.05, 4.69) is 21.0 Å². The first-order valence-corrected chi connectivity index (χ1v) is 7.13. The van der Waals surface area contributed by atoms with Crippen LogP contribution in [0.3, 0.4) is 0 Å². The molecule has 1 aliphatic rings. The van der Waals surface area contributed by atoms with Crippen molar-refractivity contribution in [3.8, 4) is 10.8 Å². The van der Waals surface area contributed by atoms with Crippen LogP contribution in [0.4, 0.5) is 0 Å². The molecule has 2 aromatic rings. The highest BCUT2D eigenvalue weighted by Gasteiger charge is 2.19. The van der Waals surface area contributed by atoms with Crippen LogP contribution in [0, 0.1) is 0 Å². The van der Waals surface area contributed by atoms with Gasteiger partial charge in [-0.1, -0.05) is 6.42 Å². The Balaban J connectivity index is 1.90. The van der Waals surface area contributed by atoms with Gasteiger partial charge < -0.3 is 9.15 Å². The molecule has 0 spiro atoms. The van der Waals surface area contributed by atoms with Gasteiger partial charge in [0, 0.05) is 4.88 Å². The first-order chi connectivity index (χ1) is 9.28. The second-order valence-electron chi connectivity index (χ2n) is 4.52. The van der Waals surface area contributed by atoms with Crippen LogP contribution in [0.5, 0.6) is 0 Å². The number of aromatic nitrogens is 2. The molecule has 2 heterocycles. The van der Waals surface area contributed by atoms with Gasteiger partial charge in [-0.05, 0) is 37.3 Å². The summed E-state index contributed by atoms with van der Waals surface area (Å²) >= 11 is 1.69. The van der Waals surface area contributed by atoms with Crippen LogP contribution in [-0.4, -0.2) is 23.3 Å². The second kappa shape index (κ2) is 5.13. The van der Waals surface area contributed by atoms with Gasteiger partial charge in [0.1, 0.15) is 0 Å². The lowest BCUT2D eigenvalue weighted by Gasteiger charge is -1.92. The second-order valence-corrected chi connectivity index (χ2v) is 5.66. The minimum absolute atomic E-state index is 0.0962. The maximum Gasteiger partial charge on any atom is 0.396 e. The number of esters is 1. The summed E-state index contributed by atoms with van der Waals surface area (Å²) in [5.41, 5.74) is 1.38. The summed E-state index contributed by atoms with van der Waals surface area (Å²) in [6.45, 7) is 0. The van der Waals surface area contributed by atoms with Crippen molar-refractivity contribution in [1.29, 1.82) is 0 Å². The molecule has 3 rings (SSSR count). The van der Waals surface area contributed by atoms with Gasteiger partial charge >= 0.3 is 11.9 Å². The van der Waals surface area contributed by atoms with E-state index >= 15 is 0 Å². The van der Waals surface area contributed by atoms with E-state index in [0.717, 1.165) is 17.7 Å². The molecule has 0 aliphatic heterocycles. The third kappa shape index (κ3) is 2.40. The molecule has 1 aliphatic carbocycles. The largest absolute Gasteiger partial charge is 0.462 e. The van der Waals surface area contributed by atoms with Crippen LogP contribution in [0.1, 0.15) is 40.4 Å². The van der Waals surface area contributed by atoms with E-state index in [9.17, 15) is 4.79 Å². The molecule has 0 saturated carbocycles. The highest BCUT2D eigenvalue weighted by molar-refractivity contribution is 7.15. The van der Waals surface area contributed by atoms with Crippen molar-refractivity contribution in [2.75, 3.05) is 7.11 Å². The van der Waals surface area contributed by atoms with Crippen molar-refractivity contribution in [3.63, 3.8) is 0 Å². The molecular formula is C13H14N2O3S. The molecule has 100 valence electrons. The quantitative estimate of drug-likeness (QED) is 0.624. The number of aryl methyl sites for hydroxylation is 2. The number of rotatable bonds is 2. The maximum absolute atomic E-state index is 11.3. The molecule has 0 saturated heterocycles. The van der Waals surface area contributed by atoms with Gasteiger partial charge in [0.2, 0.25) is 0 Å². The summed E-state index contributed by atoms with van der Waals surface area (Å²) in [6.07, 6.45) is 6.01. The fourth-order valence-corrected chi connectivity index (χ4v) is 3.44. The van der Waals surface area contributed by atoms with Gasteiger partial charge in [-0.25, -0.2) is 4.79 Å². The Hall–Kier alpha value is -1.69. The Morgan fingerprint density at radius 2 is 2.16 bits per heavy atom. The van der Waals surface area contributed by atoms with Crippen LogP contribution >= 0.6 is 11.3 Å². The summed E-state index contributed by atoms with van der Waals surface area (Å²) < 4.78 is 9.90. The Morgan fingerprint density at radius 1 is 1.32 bits per heavy atom. The number of nitrogens with zero attached hydrogens (tertiary/aromatic N) is 2. The summed E-state index contributed by atoms with van der Waals surface area (Å²) in [6, 6.07) is 2.11. The van der Waals surface area contributed by atoms with Crippen molar-refractivity contribution in [2.45, 2.75) is 32.1 Å². The zero-order valence-electron chi connectivity index (χ0n) is 10.6. The molecular weight excluding hydrogens is 264 g/mol. The first-order valence-electron chi connectivity index (χ1n) is 6.31. The van der Waals surface area contributed by atoms with Crippen molar-refractivity contribution in [2.24, 2.45) is 0 Å². The molecule has 0 radical (unpaired) electrons. The van der Waals surface area contributed by atoms with Crippen LogP contribution in [0.25, 0.3) is 10.8 Å². The van der Waals surface area contributed by atoms with E-state index in [1.165, 1.54) is 36.8 Å². The lowest BCUT2D eigenvalue weighted by Crippen LogP contribution is -2.00. The minimum Gasteiger partial charge on any atom is -0.462 e. The highest BCUT2D eigenvalue weighted by atomic mass is 32.1. The summed E-state index contributed by atoms with van der Waals surface area (Å²) in [5.74, 6) is -0.295. The fraction of sp³-hybridized carbons (Fsp3) is 0.462. The van der Waals surface area contributed by atoms with Gasteiger partial charge in [-0.3, -0.25) is 0 Å². The SMILES string of the molecule is COC(=O)c1nnc(-c2cc3c(s2)CCCCC3)o1. The van der Waals surface area contributed by atoms with Crippen molar-refractivity contribution >= 4 is 17.3 Å². The van der Waals surface area contributed by atoms with Gasteiger partial charge in [0.15, 0.2) is 0 Å². The monoisotopic (exact) mass is 278 g/mol. The zero-order valence-corrected chi connectivity index (χ0v) is 11.5. The number of thiophene rings is 1. The molecule has 5 nitrogen and oxygen atoms in total. The molecule has 0 N–H and O–H groups in total. The number of fused-ring (bicyclic) bond motifs is 1. The number of hydrogen-bond donors (Lipinski definition) is 0. The lowest BCUT2D eigenvalue weighted by atomic mass is 10.1. The molecule has 0 aromatic carbocycles. The number of carbonyl (C=O) groups excluding carboxylic acids is 1. The number of ether oxygens (including phenoxy) is 1. The highest BCUT2D eigenvalue weighted by Crippen LogP contribution is 2.34. The average Bonchev–Trinajstić information content (AvgIpc) is 3.01. The normalized spacial score (nSPS) is 14.8. The smallest absolute Gasteiger partial charge is 0.396 e. The van der Waals surface area contributed by atoms with Crippen molar-refractivity contribution < 1.29 is 13.9 Å². The van der Waals surface area contributed by atoms with E-state index in [0.29, 0.717) is 5.89 Å². The zero-order chi connectivity index (χ0) is 13.2. The Labute approximate surface area is 114 Å². The van der Waals surface area contributed by atoms with Gasteiger partial charge in [0.05, 0.1) is 12.0 Å². The Morgan fingerprint density at radius 3 is 3.00 bits per heavy atom. The molecule has 0 unspecified atom stereocenters. The summed E-state index contributed by atoms with van der Waals surface area (Å²) in [4.78, 5) is 13.6. The van der Waals surface area contributed by atoms with Crippen LogP contribution in [-0.2, 0) is 17.6 Å². The summed E-state index contributed by atoms with van der Waals surface area (Å²) in [5, 5.41) is 7.62. The fourth-order valence-electron chi connectivity index (χ4n) is 2.27. The topological polar surface area (TPSA) is 65.2 Å². The maximum atomic E-state index is 11.3. The summed E-state index contributed by atoms with van der Waals surface area (Å²) in [7, 11) is 1.29. The predicted octanol–water partition coefficient (Wildman–Crippen LogP) is 2.85. The molecule has 0 atom stereocenters. The number of methoxy groups -OCH3 is 1. The molecule has 0 fully saturated rings. The van der Waals surface area contributed by atoms with Crippen molar-refractivity contribution in [3.05, 3.63) is 22.4 Å².